The van der Waals surface area contributed by atoms with Crippen LogP contribution >= 0.6 is 0 Å². The van der Waals surface area contributed by atoms with Gasteiger partial charge in [-0.15, -0.1) is 0 Å². The number of nitrogens with zero attached hydrogens (tertiary/aromatic N) is 1. The van der Waals surface area contributed by atoms with E-state index in [4.69, 9.17) is 14.9 Å². The Morgan fingerprint density at radius 2 is 2.27 bits per heavy atom. The van der Waals surface area contributed by atoms with Gasteiger partial charge in [0.05, 0.1) is 6.61 Å². The second kappa shape index (κ2) is 5.09. The van der Waals surface area contributed by atoms with Crippen LogP contribution in [-0.4, -0.2) is 59.4 Å². The van der Waals surface area contributed by atoms with Gasteiger partial charge in [-0.3, -0.25) is 4.79 Å². The average Bonchev–Trinajstić information content (AvgIpc) is 2.69. The lowest BCUT2D eigenvalue weighted by Gasteiger charge is -2.25. The molecular weight excluding hydrogens is 202 g/mol. The van der Waals surface area contributed by atoms with Crippen LogP contribution in [0.2, 0.25) is 0 Å². The fraction of sp³-hybridized carbons (Fsp3) is 0.778. The van der Waals surface area contributed by atoms with E-state index in [0.717, 1.165) is 11.3 Å². The van der Waals surface area contributed by atoms with Crippen molar-refractivity contribution in [2.75, 3.05) is 20.3 Å². The van der Waals surface area contributed by atoms with E-state index in [2.05, 4.69) is 0 Å². The molecular formula is C9H15NO5. The summed E-state index contributed by atoms with van der Waals surface area (Å²) in [6.45, 7) is -0.0641. The summed E-state index contributed by atoms with van der Waals surface area (Å²) in [6.07, 6.45) is 0.866. The van der Waals surface area contributed by atoms with Crippen LogP contribution in [0.25, 0.3) is 0 Å². The second-order valence-corrected chi connectivity index (χ2v) is 3.49. The average molecular weight is 217 g/mol. The van der Waals surface area contributed by atoms with E-state index < -0.39 is 24.7 Å². The SMILES string of the molecule is CN(C(=O)C1CCCO1)C(CO)C(=O)O. The zero-order valence-electron chi connectivity index (χ0n) is 8.55. The highest BCUT2D eigenvalue weighted by Gasteiger charge is 2.32. The maximum atomic E-state index is 11.7. The number of hydrogen-bond donors (Lipinski definition) is 2. The van der Waals surface area contributed by atoms with E-state index in [1.165, 1.54) is 7.05 Å². The maximum Gasteiger partial charge on any atom is 0.328 e. The summed E-state index contributed by atoms with van der Waals surface area (Å²) in [5.74, 6) is -1.60. The molecule has 0 aliphatic carbocycles. The molecule has 1 aliphatic rings. The molecule has 0 saturated carbocycles. The van der Waals surface area contributed by atoms with Crippen LogP contribution in [0.4, 0.5) is 0 Å². The lowest BCUT2D eigenvalue weighted by molar-refractivity contribution is -0.154. The largest absolute Gasteiger partial charge is 0.480 e. The first-order chi connectivity index (χ1) is 7.07. The molecule has 15 heavy (non-hydrogen) atoms. The van der Waals surface area contributed by atoms with Crippen LogP contribution in [0.5, 0.6) is 0 Å². The minimum Gasteiger partial charge on any atom is -0.480 e. The zero-order chi connectivity index (χ0) is 11.4. The van der Waals surface area contributed by atoms with Crippen molar-refractivity contribution in [3.63, 3.8) is 0 Å². The molecule has 6 heteroatoms. The van der Waals surface area contributed by atoms with Crippen molar-refractivity contribution in [1.82, 2.24) is 4.90 Å². The van der Waals surface area contributed by atoms with Crippen LogP contribution < -0.4 is 0 Å². The third kappa shape index (κ3) is 2.66. The van der Waals surface area contributed by atoms with Crippen LogP contribution in [0.1, 0.15) is 12.8 Å². The van der Waals surface area contributed by atoms with E-state index in [1.54, 1.807) is 0 Å². The fourth-order valence-corrected chi connectivity index (χ4v) is 1.52. The molecule has 0 aromatic rings. The van der Waals surface area contributed by atoms with Crippen LogP contribution in [0, 0.1) is 0 Å². The Morgan fingerprint density at radius 1 is 1.60 bits per heavy atom. The molecule has 2 atom stereocenters. The number of amides is 1. The first-order valence-electron chi connectivity index (χ1n) is 4.80. The van der Waals surface area contributed by atoms with Crippen LogP contribution in [-0.2, 0) is 14.3 Å². The number of ether oxygens (including phenoxy) is 1. The molecule has 86 valence electrons. The predicted molar refractivity (Wildman–Crippen MR) is 50.3 cm³/mol. The Morgan fingerprint density at radius 3 is 2.67 bits per heavy atom. The number of aliphatic carboxylic acids is 1. The maximum absolute atomic E-state index is 11.7. The van der Waals surface area contributed by atoms with Crippen molar-refractivity contribution in [2.24, 2.45) is 0 Å². The quantitative estimate of drug-likeness (QED) is 0.635. The molecule has 0 bridgehead atoms. The third-order valence-electron chi connectivity index (χ3n) is 2.48. The van der Waals surface area contributed by atoms with Crippen molar-refractivity contribution < 1.29 is 24.5 Å². The summed E-state index contributed by atoms with van der Waals surface area (Å²) < 4.78 is 5.14. The topological polar surface area (TPSA) is 87.1 Å². The number of aliphatic hydroxyl groups excluding tert-OH is 1. The summed E-state index contributed by atoms with van der Waals surface area (Å²) in [5.41, 5.74) is 0. The Kier molecular flexibility index (Phi) is 4.05. The van der Waals surface area contributed by atoms with Crippen molar-refractivity contribution in [3.8, 4) is 0 Å². The Balaban J connectivity index is 2.60. The molecule has 1 aliphatic heterocycles. The first-order valence-corrected chi connectivity index (χ1v) is 4.80. The van der Waals surface area contributed by atoms with Gasteiger partial charge in [-0.2, -0.15) is 0 Å². The number of carboxylic acid groups (broad SMARTS) is 1. The van der Waals surface area contributed by atoms with Crippen molar-refractivity contribution in [2.45, 2.75) is 25.0 Å². The summed E-state index contributed by atoms with van der Waals surface area (Å²) in [4.78, 5) is 23.4. The molecule has 1 heterocycles. The van der Waals surface area contributed by atoms with Crippen LogP contribution in [0.15, 0.2) is 0 Å². The molecule has 0 spiro atoms. The number of rotatable bonds is 4. The normalized spacial score (nSPS) is 22.4. The van der Waals surface area contributed by atoms with E-state index in [0.29, 0.717) is 13.0 Å². The van der Waals surface area contributed by atoms with Crippen molar-refractivity contribution >= 4 is 11.9 Å². The Bertz CT molecular complexity index is 249. The molecule has 1 fully saturated rings. The Hall–Kier alpha value is -1.14. The highest BCUT2D eigenvalue weighted by Crippen LogP contribution is 2.15. The van der Waals surface area contributed by atoms with Gasteiger partial charge >= 0.3 is 5.97 Å². The molecule has 2 N–H and O–H groups in total. The van der Waals surface area contributed by atoms with Gasteiger partial charge in [-0.1, -0.05) is 0 Å². The standard InChI is InChI=1S/C9H15NO5/c1-10(6(5-11)9(13)14)8(12)7-3-2-4-15-7/h6-7,11H,2-5H2,1H3,(H,13,14). The molecule has 1 amide bonds. The second-order valence-electron chi connectivity index (χ2n) is 3.49. The predicted octanol–water partition coefficient (Wildman–Crippen LogP) is -0.931. The van der Waals surface area contributed by atoms with Gasteiger partial charge in [0.2, 0.25) is 0 Å². The van der Waals surface area contributed by atoms with Crippen molar-refractivity contribution in [3.05, 3.63) is 0 Å². The summed E-state index contributed by atoms with van der Waals surface area (Å²) in [7, 11) is 1.36. The number of carboxylic acids is 1. The van der Waals surface area contributed by atoms with E-state index in [1.807, 2.05) is 0 Å². The van der Waals surface area contributed by atoms with Gasteiger partial charge in [0.25, 0.3) is 5.91 Å². The molecule has 0 aromatic carbocycles. The lowest BCUT2D eigenvalue weighted by Crippen LogP contribution is -2.48. The molecule has 2 unspecified atom stereocenters. The van der Waals surface area contributed by atoms with Crippen molar-refractivity contribution in [1.29, 1.82) is 0 Å². The van der Waals surface area contributed by atoms with Crippen LogP contribution in [0.3, 0.4) is 0 Å². The van der Waals surface area contributed by atoms with Gasteiger partial charge in [-0.25, -0.2) is 4.79 Å². The number of hydrogen-bond acceptors (Lipinski definition) is 4. The molecule has 0 radical (unpaired) electrons. The summed E-state index contributed by atoms with van der Waals surface area (Å²) in [5, 5.41) is 17.6. The number of carbonyl (C=O) groups excluding carboxylic acids is 1. The van der Waals surface area contributed by atoms with E-state index in [-0.39, 0.29) is 5.91 Å². The van der Waals surface area contributed by atoms with E-state index in [9.17, 15) is 9.59 Å². The minimum absolute atomic E-state index is 0.381. The number of carbonyl (C=O) groups is 2. The van der Waals surface area contributed by atoms with Gasteiger partial charge in [0.15, 0.2) is 6.04 Å². The monoisotopic (exact) mass is 217 g/mol. The fourth-order valence-electron chi connectivity index (χ4n) is 1.52. The summed E-state index contributed by atoms with van der Waals surface area (Å²) in [6, 6.07) is -1.19. The molecule has 1 rings (SSSR count). The smallest absolute Gasteiger partial charge is 0.328 e. The molecule has 0 aromatic heterocycles. The number of aliphatic hydroxyl groups is 1. The van der Waals surface area contributed by atoms with E-state index >= 15 is 0 Å². The minimum atomic E-state index is -1.22. The first kappa shape index (κ1) is 11.9. The lowest BCUT2D eigenvalue weighted by atomic mass is 10.2. The highest BCUT2D eigenvalue weighted by atomic mass is 16.5. The Labute approximate surface area is 87.4 Å². The van der Waals surface area contributed by atoms with Gasteiger partial charge in [0.1, 0.15) is 6.10 Å². The van der Waals surface area contributed by atoms with Gasteiger partial charge < -0.3 is 19.8 Å². The third-order valence-corrected chi connectivity index (χ3v) is 2.48. The van der Waals surface area contributed by atoms with Gasteiger partial charge in [0, 0.05) is 13.7 Å². The number of likely N-dealkylation sites (N-methyl/N-ethyl adjacent to an activating group) is 1. The molecule has 6 nitrogen and oxygen atoms in total. The summed E-state index contributed by atoms with van der Waals surface area (Å²) >= 11 is 0. The zero-order valence-corrected chi connectivity index (χ0v) is 8.55. The highest BCUT2D eigenvalue weighted by molar-refractivity contribution is 5.86. The van der Waals surface area contributed by atoms with Gasteiger partial charge in [-0.05, 0) is 12.8 Å². The molecule has 1 saturated heterocycles.